The van der Waals surface area contributed by atoms with E-state index in [-0.39, 0.29) is 24.8 Å². The number of hydrogen-bond acceptors (Lipinski definition) is 4. The Labute approximate surface area is 98.9 Å². The first-order valence-electron chi connectivity index (χ1n) is 4.25. The molecule has 0 aliphatic heterocycles. The summed E-state index contributed by atoms with van der Waals surface area (Å²) in [5.41, 5.74) is 5.45. The Morgan fingerprint density at radius 3 is 1.64 bits per heavy atom. The van der Waals surface area contributed by atoms with Crippen molar-refractivity contribution in [3.05, 3.63) is 0 Å². The summed E-state index contributed by atoms with van der Waals surface area (Å²) in [4.78, 5) is 2.23. The number of methoxy groups -OCH3 is 2. The second kappa shape index (κ2) is 15.9. The SMILES string of the molecule is COCCN(CCN)CCOC.Cl.Cl. The monoisotopic (exact) mass is 248 g/mol. The predicted molar refractivity (Wildman–Crippen MR) is 63.7 cm³/mol. The molecule has 0 amide bonds. The van der Waals surface area contributed by atoms with Crippen molar-refractivity contribution in [3.63, 3.8) is 0 Å². The maximum Gasteiger partial charge on any atom is 0.0589 e. The molecule has 0 unspecified atom stereocenters. The van der Waals surface area contributed by atoms with Crippen LogP contribution >= 0.6 is 24.8 Å². The molecule has 6 heteroatoms. The van der Waals surface area contributed by atoms with E-state index in [0.717, 1.165) is 32.8 Å². The van der Waals surface area contributed by atoms with E-state index in [1.165, 1.54) is 0 Å². The highest BCUT2D eigenvalue weighted by Crippen LogP contribution is 1.87. The van der Waals surface area contributed by atoms with Gasteiger partial charge in [-0.15, -0.1) is 24.8 Å². The third kappa shape index (κ3) is 12.4. The first-order valence-corrected chi connectivity index (χ1v) is 4.25. The molecule has 0 radical (unpaired) electrons. The minimum Gasteiger partial charge on any atom is -0.383 e. The van der Waals surface area contributed by atoms with Gasteiger partial charge < -0.3 is 15.2 Å². The number of ether oxygens (including phenoxy) is 2. The third-order valence-electron chi connectivity index (χ3n) is 1.67. The van der Waals surface area contributed by atoms with E-state index >= 15 is 0 Å². The molecule has 2 N–H and O–H groups in total. The molecule has 0 saturated carbocycles. The van der Waals surface area contributed by atoms with E-state index < -0.39 is 0 Å². The molecule has 0 spiro atoms. The van der Waals surface area contributed by atoms with Crippen LogP contribution in [0, 0.1) is 0 Å². The van der Waals surface area contributed by atoms with Gasteiger partial charge in [-0.1, -0.05) is 0 Å². The van der Waals surface area contributed by atoms with E-state index in [9.17, 15) is 0 Å². The van der Waals surface area contributed by atoms with E-state index in [1.54, 1.807) is 14.2 Å². The summed E-state index contributed by atoms with van der Waals surface area (Å²) in [6, 6.07) is 0. The smallest absolute Gasteiger partial charge is 0.0589 e. The van der Waals surface area contributed by atoms with Crippen molar-refractivity contribution in [1.82, 2.24) is 4.90 Å². The van der Waals surface area contributed by atoms with Gasteiger partial charge in [0.1, 0.15) is 0 Å². The Morgan fingerprint density at radius 1 is 0.929 bits per heavy atom. The lowest BCUT2D eigenvalue weighted by atomic mass is 10.4. The Bertz CT molecular complexity index is 91.4. The first kappa shape index (κ1) is 19.9. The van der Waals surface area contributed by atoms with Crippen LogP contribution in [0.1, 0.15) is 0 Å². The molecule has 0 heterocycles. The summed E-state index contributed by atoms with van der Waals surface area (Å²) in [5, 5.41) is 0. The van der Waals surface area contributed by atoms with Gasteiger partial charge in [-0.05, 0) is 0 Å². The zero-order chi connectivity index (χ0) is 9.23. The Kier molecular flexibility index (Phi) is 22.6. The second-order valence-corrected chi connectivity index (χ2v) is 2.62. The van der Waals surface area contributed by atoms with Crippen molar-refractivity contribution in [1.29, 1.82) is 0 Å². The fraction of sp³-hybridized carbons (Fsp3) is 1.00. The molecule has 0 aromatic carbocycles. The minimum atomic E-state index is 0. The van der Waals surface area contributed by atoms with E-state index in [0.29, 0.717) is 6.54 Å². The molecule has 0 aliphatic rings. The standard InChI is InChI=1S/C8H20N2O2.2ClH/c1-11-7-5-10(4-3-9)6-8-12-2;;/h3-9H2,1-2H3;2*1H. The largest absolute Gasteiger partial charge is 0.383 e. The van der Waals surface area contributed by atoms with Gasteiger partial charge in [0, 0.05) is 40.4 Å². The molecule has 0 fully saturated rings. The number of nitrogens with zero attached hydrogens (tertiary/aromatic N) is 1. The summed E-state index contributed by atoms with van der Waals surface area (Å²) in [7, 11) is 3.41. The molecule has 0 aromatic heterocycles. The summed E-state index contributed by atoms with van der Waals surface area (Å²) in [6.45, 7) is 4.96. The Morgan fingerprint density at radius 2 is 1.36 bits per heavy atom. The number of halogens is 2. The van der Waals surface area contributed by atoms with Crippen molar-refractivity contribution < 1.29 is 9.47 Å². The van der Waals surface area contributed by atoms with Gasteiger partial charge in [0.05, 0.1) is 13.2 Å². The summed E-state index contributed by atoms with van der Waals surface area (Å²) in [6.07, 6.45) is 0. The average molecular weight is 249 g/mol. The number of hydrogen-bond donors (Lipinski definition) is 1. The van der Waals surface area contributed by atoms with Crippen LogP contribution in [0.2, 0.25) is 0 Å². The minimum absolute atomic E-state index is 0. The lowest BCUT2D eigenvalue weighted by molar-refractivity contribution is 0.116. The van der Waals surface area contributed by atoms with Gasteiger partial charge in [0.15, 0.2) is 0 Å². The molecule has 0 atom stereocenters. The molecule has 90 valence electrons. The van der Waals surface area contributed by atoms with Crippen LogP contribution in [0.3, 0.4) is 0 Å². The lowest BCUT2D eigenvalue weighted by Crippen LogP contribution is -2.34. The van der Waals surface area contributed by atoms with E-state index in [1.807, 2.05) is 0 Å². The summed E-state index contributed by atoms with van der Waals surface area (Å²) < 4.78 is 9.95. The Balaban J connectivity index is -0.000000605. The average Bonchev–Trinajstić information content (AvgIpc) is 2.10. The normalized spacial score (nSPS) is 9.43. The van der Waals surface area contributed by atoms with Crippen molar-refractivity contribution in [2.75, 3.05) is 53.6 Å². The van der Waals surface area contributed by atoms with Gasteiger partial charge in [-0.25, -0.2) is 0 Å². The van der Waals surface area contributed by atoms with Gasteiger partial charge >= 0.3 is 0 Å². The molecule has 0 aliphatic carbocycles. The predicted octanol–water partition coefficient (Wildman–Crippen LogP) is 0.384. The van der Waals surface area contributed by atoms with Crippen LogP contribution in [0.15, 0.2) is 0 Å². The second-order valence-electron chi connectivity index (χ2n) is 2.62. The molecule has 14 heavy (non-hydrogen) atoms. The maximum absolute atomic E-state index is 5.45. The molecular formula is C8H22Cl2N2O2. The number of rotatable bonds is 8. The van der Waals surface area contributed by atoms with E-state index in [4.69, 9.17) is 15.2 Å². The van der Waals surface area contributed by atoms with Crippen LogP contribution in [-0.4, -0.2) is 58.5 Å². The van der Waals surface area contributed by atoms with Crippen molar-refractivity contribution in [3.8, 4) is 0 Å². The first-order chi connectivity index (χ1) is 5.85. The van der Waals surface area contributed by atoms with Crippen molar-refractivity contribution in [2.45, 2.75) is 0 Å². The molecule has 0 rings (SSSR count). The van der Waals surface area contributed by atoms with Crippen LogP contribution < -0.4 is 5.73 Å². The molecule has 0 aromatic rings. The van der Waals surface area contributed by atoms with Crippen molar-refractivity contribution >= 4 is 24.8 Å². The maximum atomic E-state index is 5.45. The third-order valence-corrected chi connectivity index (χ3v) is 1.67. The molecule has 0 bridgehead atoms. The molecular weight excluding hydrogens is 227 g/mol. The zero-order valence-corrected chi connectivity index (χ0v) is 10.5. The van der Waals surface area contributed by atoms with Gasteiger partial charge in [-0.2, -0.15) is 0 Å². The highest BCUT2D eigenvalue weighted by atomic mass is 35.5. The quantitative estimate of drug-likeness (QED) is 0.675. The fourth-order valence-corrected chi connectivity index (χ4v) is 0.959. The van der Waals surface area contributed by atoms with Gasteiger partial charge in [0.2, 0.25) is 0 Å². The molecule has 0 saturated heterocycles. The topological polar surface area (TPSA) is 47.7 Å². The highest BCUT2D eigenvalue weighted by molar-refractivity contribution is 5.85. The fourth-order valence-electron chi connectivity index (χ4n) is 0.959. The Hall–Kier alpha value is 0.420. The van der Waals surface area contributed by atoms with Crippen molar-refractivity contribution in [2.24, 2.45) is 5.73 Å². The highest BCUT2D eigenvalue weighted by Gasteiger charge is 2.01. The van der Waals surface area contributed by atoms with Crippen LogP contribution in [0.5, 0.6) is 0 Å². The molecule has 4 nitrogen and oxygen atoms in total. The van der Waals surface area contributed by atoms with Crippen LogP contribution in [-0.2, 0) is 9.47 Å². The van der Waals surface area contributed by atoms with Gasteiger partial charge in [0.25, 0.3) is 0 Å². The van der Waals surface area contributed by atoms with Gasteiger partial charge in [-0.3, -0.25) is 4.90 Å². The summed E-state index contributed by atoms with van der Waals surface area (Å²) in [5.74, 6) is 0. The summed E-state index contributed by atoms with van der Waals surface area (Å²) >= 11 is 0. The zero-order valence-electron chi connectivity index (χ0n) is 8.90. The number of nitrogens with two attached hydrogens (primary N) is 1. The van der Waals surface area contributed by atoms with Crippen LogP contribution in [0.4, 0.5) is 0 Å². The van der Waals surface area contributed by atoms with E-state index in [2.05, 4.69) is 4.90 Å². The van der Waals surface area contributed by atoms with Crippen LogP contribution in [0.25, 0.3) is 0 Å². The lowest BCUT2D eigenvalue weighted by Gasteiger charge is -2.20.